The molecule has 0 amide bonds. The summed E-state index contributed by atoms with van der Waals surface area (Å²) in [5, 5.41) is 3.34. The van der Waals surface area contributed by atoms with Crippen LogP contribution < -0.4 is 10.1 Å². The molecule has 0 saturated carbocycles. The zero-order valence-corrected chi connectivity index (χ0v) is 12.0. The van der Waals surface area contributed by atoms with Gasteiger partial charge in [-0.3, -0.25) is 0 Å². The molecule has 0 bridgehead atoms. The highest BCUT2D eigenvalue weighted by Gasteiger charge is 2.05. The zero-order chi connectivity index (χ0) is 13.4. The van der Waals surface area contributed by atoms with E-state index < -0.39 is 0 Å². The molecule has 0 saturated heterocycles. The lowest BCUT2D eigenvalue weighted by molar-refractivity contribution is 0.325. The molecule has 0 unspecified atom stereocenters. The van der Waals surface area contributed by atoms with E-state index in [1.165, 1.54) is 0 Å². The van der Waals surface area contributed by atoms with Crippen LogP contribution in [0.4, 0.5) is 5.82 Å². The van der Waals surface area contributed by atoms with Crippen molar-refractivity contribution < 1.29 is 4.74 Å². The van der Waals surface area contributed by atoms with E-state index in [0.29, 0.717) is 18.4 Å². The highest BCUT2D eigenvalue weighted by atomic mass is 16.5. The Kier molecular flexibility index (Phi) is 6.47. The van der Waals surface area contributed by atoms with Gasteiger partial charge in [-0.05, 0) is 25.7 Å². The van der Waals surface area contributed by atoms with Gasteiger partial charge >= 0.3 is 0 Å². The molecule has 18 heavy (non-hydrogen) atoms. The van der Waals surface area contributed by atoms with Crippen LogP contribution in [-0.2, 0) is 6.42 Å². The van der Waals surface area contributed by atoms with Crippen molar-refractivity contribution in [3.05, 3.63) is 11.9 Å². The molecule has 0 aliphatic heterocycles. The summed E-state index contributed by atoms with van der Waals surface area (Å²) in [6.45, 7) is 10.1. The first kappa shape index (κ1) is 14.7. The van der Waals surface area contributed by atoms with Crippen LogP contribution in [0.3, 0.4) is 0 Å². The predicted octanol–water partition coefficient (Wildman–Crippen LogP) is 3.29. The van der Waals surface area contributed by atoms with E-state index in [9.17, 15) is 0 Å². The van der Waals surface area contributed by atoms with E-state index in [1.54, 1.807) is 0 Å². The fourth-order valence-electron chi connectivity index (χ4n) is 1.61. The number of nitrogens with zero attached hydrogens (tertiary/aromatic N) is 2. The number of hydrogen-bond acceptors (Lipinski definition) is 4. The monoisotopic (exact) mass is 251 g/mol. The van der Waals surface area contributed by atoms with Crippen molar-refractivity contribution in [1.29, 1.82) is 0 Å². The maximum absolute atomic E-state index is 5.47. The van der Waals surface area contributed by atoms with Crippen LogP contribution in [0.25, 0.3) is 0 Å². The number of aromatic nitrogens is 2. The summed E-state index contributed by atoms with van der Waals surface area (Å²) >= 11 is 0. The average Bonchev–Trinajstić information content (AvgIpc) is 2.29. The van der Waals surface area contributed by atoms with Crippen molar-refractivity contribution in [2.45, 2.75) is 47.0 Å². The van der Waals surface area contributed by atoms with E-state index >= 15 is 0 Å². The third kappa shape index (κ3) is 5.34. The van der Waals surface area contributed by atoms with Crippen LogP contribution in [0.2, 0.25) is 0 Å². The van der Waals surface area contributed by atoms with Crippen LogP contribution in [-0.4, -0.2) is 23.1 Å². The van der Waals surface area contributed by atoms with Crippen LogP contribution in [0.15, 0.2) is 6.07 Å². The Morgan fingerprint density at radius 3 is 2.67 bits per heavy atom. The summed E-state index contributed by atoms with van der Waals surface area (Å²) in [7, 11) is 0. The minimum Gasteiger partial charge on any atom is -0.478 e. The first-order chi connectivity index (χ1) is 8.65. The minimum absolute atomic E-state index is 0.633. The molecule has 0 aromatic carbocycles. The van der Waals surface area contributed by atoms with Gasteiger partial charge in [0.1, 0.15) is 11.6 Å². The molecule has 1 aromatic heterocycles. The van der Waals surface area contributed by atoms with Gasteiger partial charge < -0.3 is 10.1 Å². The molecule has 1 aromatic rings. The Labute approximate surface area is 110 Å². The van der Waals surface area contributed by atoms with Gasteiger partial charge in [-0.15, -0.1) is 0 Å². The Balaban J connectivity index is 2.69. The lowest BCUT2D eigenvalue weighted by Crippen LogP contribution is -2.09. The standard InChI is InChI=1S/C14H25N3O/c1-5-7-12-16-13(15-9-8-11(3)4)10-14(17-12)18-6-2/h10-11H,5-9H2,1-4H3,(H,15,16,17). The van der Waals surface area contributed by atoms with Crippen molar-refractivity contribution in [2.24, 2.45) is 5.92 Å². The van der Waals surface area contributed by atoms with E-state index in [-0.39, 0.29) is 0 Å². The maximum atomic E-state index is 5.47. The highest BCUT2D eigenvalue weighted by molar-refractivity contribution is 5.38. The van der Waals surface area contributed by atoms with Crippen molar-refractivity contribution in [1.82, 2.24) is 9.97 Å². The third-order valence-corrected chi connectivity index (χ3v) is 2.54. The molecule has 0 aliphatic carbocycles. The van der Waals surface area contributed by atoms with Crippen LogP contribution in [0, 0.1) is 5.92 Å². The number of anilines is 1. The SMILES string of the molecule is CCCc1nc(NCCC(C)C)cc(OCC)n1. The second-order valence-corrected chi connectivity index (χ2v) is 4.80. The molecule has 1 N–H and O–H groups in total. The fraction of sp³-hybridized carbons (Fsp3) is 0.714. The van der Waals surface area contributed by atoms with Gasteiger partial charge in [0.2, 0.25) is 5.88 Å². The molecule has 0 atom stereocenters. The molecule has 4 nitrogen and oxygen atoms in total. The molecule has 102 valence electrons. The van der Waals surface area contributed by atoms with Gasteiger partial charge in [0, 0.05) is 19.0 Å². The summed E-state index contributed by atoms with van der Waals surface area (Å²) in [5.74, 6) is 3.09. The van der Waals surface area contributed by atoms with E-state index in [1.807, 2.05) is 13.0 Å². The molecule has 1 rings (SSSR count). The van der Waals surface area contributed by atoms with Gasteiger partial charge in [-0.25, -0.2) is 4.98 Å². The van der Waals surface area contributed by atoms with Gasteiger partial charge in [-0.1, -0.05) is 20.8 Å². The average molecular weight is 251 g/mol. The molecule has 4 heteroatoms. The van der Waals surface area contributed by atoms with Crippen molar-refractivity contribution >= 4 is 5.82 Å². The van der Waals surface area contributed by atoms with E-state index in [4.69, 9.17) is 4.74 Å². The summed E-state index contributed by atoms with van der Waals surface area (Å²) in [6, 6.07) is 1.88. The van der Waals surface area contributed by atoms with Crippen molar-refractivity contribution in [3.8, 4) is 5.88 Å². The van der Waals surface area contributed by atoms with Gasteiger partial charge in [-0.2, -0.15) is 4.98 Å². The number of ether oxygens (including phenoxy) is 1. The quantitative estimate of drug-likeness (QED) is 0.770. The summed E-state index contributed by atoms with van der Waals surface area (Å²) < 4.78 is 5.47. The molecular weight excluding hydrogens is 226 g/mol. The molecule has 0 spiro atoms. The highest BCUT2D eigenvalue weighted by Crippen LogP contribution is 2.15. The Bertz CT molecular complexity index is 329. The molecule has 0 radical (unpaired) electrons. The number of aryl methyl sites for hydroxylation is 1. The molecule has 0 aliphatic rings. The van der Waals surface area contributed by atoms with Gasteiger partial charge in [0.15, 0.2) is 0 Å². The van der Waals surface area contributed by atoms with E-state index in [0.717, 1.165) is 37.4 Å². The molecule has 0 fully saturated rings. The van der Waals surface area contributed by atoms with Crippen LogP contribution >= 0.6 is 0 Å². The lowest BCUT2D eigenvalue weighted by Gasteiger charge is -2.10. The van der Waals surface area contributed by atoms with Crippen molar-refractivity contribution in [2.75, 3.05) is 18.5 Å². The number of nitrogens with one attached hydrogen (secondary N) is 1. The Morgan fingerprint density at radius 2 is 2.06 bits per heavy atom. The second-order valence-electron chi connectivity index (χ2n) is 4.80. The van der Waals surface area contributed by atoms with Crippen LogP contribution in [0.1, 0.15) is 46.4 Å². The largest absolute Gasteiger partial charge is 0.478 e. The van der Waals surface area contributed by atoms with E-state index in [2.05, 4.69) is 36.1 Å². The first-order valence-electron chi connectivity index (χ1n) is 6.90. The minimum atomic E-state index is 0.633. The molecule has 1 heterocycles. The first-order valence-corrected chi connectivity index (χ1v) is 6.90. The normalized spacial score (nSPS) is 10.7. The predicted molar refractivity (Wildman–Crippen MR) is 75.1 cm³/mol. The second kappa shape index (κ2) is 7.90. The fourth-order valence-corrected chi connectivity index (χ4v) is 1.61. The summed E-state index contributed by atoms with van der Waals surface area (Å²) in [6.07, 6.45) is 3.07. The maximum Gasteiger partial charge on any atom is 0.218 e. The Morgan fingerprint density at radius 1 is 1.28 bits per heavy atom. The van der Waals surface area contributed by atoms with Crippen LogP contribution in [0.5, 0.6) is 5.88 Å². The third-order valence-electron chi connectivity index (χ3n) is 2.54. The number of hydrogen-bond donors (Lipinski definition) is 1. The molecular formula is C14H25N3O. The zero-order valence-electron chi connectivity index (χ0n) is 12.0. The summed E-state index contributed by atoms with van der Waals surface area (Å²) in [4.78, 5) is 8.88. The lowest BCUT2D eigenvalue weighted by atomic mass is 10.1. The Hall–Kier alpha value is -1.32. The van der Waals surface area contributed by atoms with Crippen molar-refractivity contribution in [3.63, 3.8) is 0 Å². The summed E-state index contributed by atoms with van der Waals surface area (Å²) in [5.41, 5.74) is 0. The van der Waals surface area contributed by atoms with Gasteiger partial charge in [0.25, 0.3) is 0 Å². The number of rotatable bonds is 8. The smallest absolute Gasteiger partial charge is 0.218 e. The van der Waals surface area contributed by atoms with Gasteiger partial charge in [0.05, 0.1) is 6.61 Å². The topological polar surface area (TPSA) is 47.0 Å².